The van der Waals surface area contributed by atoms with E-state index < -0.39 is 0 Å². The first-order valence-electron chi connectivity index (χ1n) is 8.22. The van der Waals surface area contributed by atoms with E-state index in [-0.39, 0.29) is 5.91 Å². The van der Waals surface area contributed by atoms with Crippen LogP contribution < -0.4 is 10.1 Å². The van der Waals surface area contributed by atoms with Crippen molar-refractivity contribution < 1.29 is 9.53 Å². The van der Waals surface area contributed by atoms with Crippen LogP contribution in [0.3, 0.4) is 0 Å². The Kier molecular flexibility index (Phi) is 5.18. The van der Waals surface area contributed by atoms with Crippen molar-refractivity contribution in [2.75, 3.05) is 12.4 Å². The van der Waals surface area contributed by atoms with E-state index in [0.29, 0.717) is 11.4 Å². The van der Waals surface area contributed by atoms with Crippen LogP contribution >= 0.6 is 27.3 Å². The van der Waals surface area contributed by atoms with Crippen molar-refractivity contribution in [1.82, 2.24) is 19.8 Å². The highest BCUT2D eigenvalue weighted by Gasteiger charge is 2.09. The molecule has 0 aliphatic heterocycles. The SMILES string of the molecule is COc1ccc(Br)cc1C=CC(=O)Nc1cccc(-c2nn3cnnc3s2)c1. The predicted octanol–water partition coefficient (Wildman–Crippen LogP) is 4.28. The van der Waals surface area contributed by atoms with Gasteiger partial charge in [-0.05, 0) is 36.4 Å². The zero-order valence-corrected chi connectivity index (χ0v) is 17.1. The Bertz CT molecular complexity index is 1160. The van der Waals surface area contributed by atoms with Crippen LogP contribution in [-0.2, 0) is 4.79 Å². The van der Waals surface area contributed by atoms with Crippen molar-refractivity contribution in [3.8, 4) is 16.3 Å². The molecule has 9 heteroatoms. The Labute approximate surface area is 172 Å². The Morgan fingerprint density at radius 2 is 2.18 bits per heavy atom. The van der Waals surface area contributed by atoms with Crippen LogP contribution in [0, 0.1) is 0 Å². The molecule has 0 aliphatic carbocycles. The first-order valence-corrected chi connectivity index (χ1v) is 9.83. The molecule has 4 aromatic rings. The Hall–Kier alpha value is -3.04. The highest BCUT2D eigenvalue weighted by molar-refractivity contribution is 9.10. The van der Waals surface area contributed by atoms with E-state index in [1.807, 2.05) is 42.5 Å². The fourth-order valence-electron chi connectivity index (χ4n) is 2.59. The summed E-state index contributed by atoms with van der Waals surface area (Å²) in [5, 5.41) is 15.9. The third-order valence-electron chi connectivity index (χ3n) is 3.87. The molecule has 0 saturated heterocycles. The molecule has 0 radical (unpaired) electrons. The highest BCUT2D eigenvalue weighted by atomic mass is 79.9. The third-order valence-corrected chi connectivity index (χ3v) is 5.33. The van der Waals surface area contributed by atoms with E-state index in [2.05, 4.69) is 36.5 Å². The molecule has 0 saturated carbocycles. The zero-order chi connectivity index (χ0) is 19.5. The Morgan fingerprint density at radius 1 is 1.29 bits per heavy atom. The number of hydrogen-bond acceptors (Lipinski definition) is 6. The third kappa shape index (κ3) is 3.95. The summed E-state index contributed by atoms with van der Waals surface area (Å²) in [6.45, 7) is 0. The van der Waals surface area contributed by atoms with Crippen LogP contribution in [0.2, 0.25) is 0 Å². The van der Waals surface area contributed by atoms with Crippen LogP contribution in [0.25, 0.3) is 21.6 Å². The van der Waals surface area contributed by atoms with Crippen LogP contribution in [0.1, 0.15) is 5.56 Å². The molecule has 2 heterocycles. The van der Waals surface area contributed by atoms with Crippen molar-refractivity contribution in [3.05, 3.63) is 64.9 Å². The predicted molar refractivity (Wildman–Crippen MR) is 112 cm³/mol. The van der Waals surface area contributed by atoms with Crippen molar-refractivity contribution in [1.29, 1.82) is 0 Å². The molecule has 0 fully saturated rings. The van der Waals surface area contributed by atoms with Crippen molar-refractivity contribution >= 4 is 49.9 Å². The monoisotopic (exact) mass is 455 g/mol. The summed E-state index contributed by atoms with van der Waals surface area (Å²) < 4.78 is 7.85. The van der Waals surface area contributed by atoms with E-state index in [1.165, 1.54) is 17.4 Å². The number of nitrogens with zero attached hydrogens (tertiary/aromatic N) is 4. The summed E-state index contributed by atoms with van der Waals surface area (Å²) >= 11 is 4.85. The van der Waals surface area contributed by atoms with E-state index in [1.54, 1.807) is 24.0 Å². The number of amides is 1. The van der Waals surface area contributed by atoms with Gasteiger partial charge >= 0.3 is 0 Å². The number of rotatable bonds is 5. The number of benzene rings is 2. The van der Waals surface area contributed by atoms with Gasteiger partial charge in [0.15, 0.2) is 0 Å². The molecule has 1 N–H and O–H groups in total. The maximum atomic E-state index is 12.3. The number of nitrogens with one attached hydrogen (secondary N) is 1. The normalized spacial score (nSPS) is 11.2. The molecule has 0 aliphatic rings. The van der Waals surface area contributed by atoms with Gasteiger partial charge in [-0.25, -0.2) is 0 Å². The fraction of sp³-hybridized carbons (Fsp3) is 0.0526. The Morgan fingerprint density at radius 3 is 3.00 bits per heavy atom. The molecule has 0 spiro atoms. The summed E-state index contributed by atoms with van der Waals surface area (Å²) in [6.07, 6.45) is 4.74. The number of ether oxygens (including phenoxy) is 1. The maximum absolute atomic E-state index is 12.3. The second-order valence-corrected chi connectivity index (χ2v) is 7.63. The first-order chi connectivity index (χ1) is 13.6. The lowest BCUT2D eigenvalue weighted by Gasteiger charge is -2.06. The number of carbonyl (C=O) groups excluding carboxylic acids is 1. The van der Waals surface area contributed by atoms with Gasteiger partial charge in [-0.3, -0.25) is 4.79 Å². The van der Waals surface area contributed by atoms with Crippen LogP contribution in [-0.4, -0.2) is 32.8 Å². The van der Waals surface area contributed by atoms with E-state index >= 15 is 0 Å². The van der Waals surface area contributed by atoms with Gasteiger partial charge < -0.3 is 10.1 Å². The van der Waals surface area contributed by atoms with Gasteiger partial charge in [0.2, 0.25) is 10.9 Å². The number of anilines is 1. The lowest BCUT2D eigenvalue weighted by atomic mass is 10.2. The number of fused-ring (bicyclic) bond motifs is 1. The van der Waals surface area contributed by atoms with Crippen molar-refractivity contribution in [2.45, 2.75) is 0 Å². The molecule has 4 rings (SSSR count). The standard InChI is InChI=1S/C19H14BrN5O2S/c1-27-16-7-6-14(20)9-12(16)5-8-17(26)22-15-4-2-3-13(10-15)18-24-25-11-21-23-19(25)28-18/h2-11H,1H3,(H,22,26). The minimum Gasteiger partial charge on any atom is -0.496 e. The zero-order valence-electron chi connectivity index (χ0n) is 14.7. The molecule has 2 aromatic heterocycles. The van der Waals surface area contributed by atoms with Gasteiger partial charge in [0.05, 0.1) is 7.11 Å². The summed E-state index contributed by atoms with van der Waals surface area (Å²) in [4.78, 5) is 13.0. The first kappa shape index (κ1) is 18.3. The van der Waals surface area contributed by atoms with E-state index in [9.17, 15) is 4.79 Å². The fourth-order valence-corrected chi connectivity index (χ4v) is 3.79. The molecule has 0 bridgehead atoms. The lowest BCUT2D eigenvalue weighted by Crippen LogP contribution is -2.07. The quantitative estimate of drug-likeness (QED) is 0.454. The topological polar surface area (TPSA) is 81.4 Å². The molecule has 140 valence electrons. The average Bonchev–Trinajstić information content (AvgIpc) is 3.29. The molecule has 28 heavy (non-hydrogen) atoms. The maximum Gasteiger partial charge on any atom is 0.248 e. The second kappa shape index (κ2) is 7.91. The van der Waals surface area contributed by atoms with Crippen LogP contribution in [0.15, 0.2) is 59.3 Å². The second-order valence-electron chi connectivity index (χ2n) is 5.75. The minimum absolute atomic E-state index is 0.239. The number of hydrogen-bond donors (Lipinski definition) is 1. The van der Waals surface area contributed by atoms with Gasteiger partial charge in [-0.1, -0.05) is 39.4 Å². The van der Waals surface area contributed by atoms with Crippen molar-refractivity contribution in [3.63, 3.8) is 0 Å². The molecule has 2 aromatic carbocycles. The summed E-state index contributed by atoms with van der Waals surface area (Å²) in [7, 11) is 1.60. The summed E-state index contributed by atoms with van der Waals surface area (Å²) in [5.74, 6) is 0.454. The van der Waals surface area contributed by atoms with Gasteiger partial charge in [0.25, 0.3) is 0 Å². The number of carbonyl (C=O) groups is 1. The largest absolute Gasteiger partial charge is 0.496 e. The van der Waals surface area contributed by atoms with E-state index in [4.69, 9.17) is 4.74 Å². The van der Waals surface area contributed by atoms with E-state index in [0.717, 1.165) is 25.6 Å². The molecular formula is C19H14BrN5O2S. The lowest BCUT2D eigenvalue weighted by molar-refractivity contribution is -0.111. The van der Waals surface area contributed by atoms with Crippen LogP contribution in [0.5, 0.6) is 5.75 Å². The van der Waals surface area contributed by atoms with Gasteiger partial charge in [0, 0.05) is 27.4 Å². The summed E-state index contributed by atoms with van der Waals surface area (Å²) in [5.41, 5.74) is 2.38. The minimum atomic E-state index is -0.239. The molecular weight excluding hydrogens is 442 g/mol. The summed E-state index contributed by atoms with van der Waals surface area (Å²) in [6, 6.07) is 13.1. The molecule has 1 amide bonds. The van der Waals surface area contributed by atoms with Crippen LogP contribution in [0.4, 0.5) is 5.69 Å². The average molecular weight is 456 g/mol. The molecule has 0 atom stereocenters. The van der Waals surface area contributed by atoms with Gasteiger partial charge in [-0.2, -0.15) is 9.61 Å². The van der Waals surface area contributed by atoms with Crippen molar-refractivity contribution in [2.24, 2.45) is 0 Å². The molecule has 0 unspecified atom stereocenters. The smallest absolute Gasteiger partial charge is 0.248 e. The number of halogens is 1. The highest BCUT2D eigenvalue weighted by Crippen LogP contribution is 2.27. The van der Waals surface area contributed by atoms with Gasteiger partial charge in [-0.15, -0.1) is 10.2 Å². The number of aromatic nitrogens is 4. The number of methoxy groups -OCH3 is 1. The van der Waals surface area contributed by atoms with Gasteiger partial charge in [0.1, 0.15) is 17.1 Å². The molecule has 7 nitrogen and oxygen atoms in total. The Balaban J connectivity index is 1.50.